The number of nitrogens with zero attached hydrogens (tertiary/aromatic N) is 1. The zero-order valence-electron chi connectivity index (χ0n) is 11.7. The van der Waals surface area contributed by atoms with Crippen LogP contribution in [0, 0.1) is 11.8 Å². The van der Waals surface area contributed by atoms with Gasteiger partial charge in [0.05, 0.1) is 23.7 Å². The van der Waals surface area contributed by atoms with Crippen molar-refractivity contribution in [1.29, 1.82) is 0 Å². The standard InChI is InChI=1S/C17H17NO2S/c19-11-3-5-14-8-9-15(21-14)13-18-10-4-12-20-17-7-2-1-6-16(17)18/h1-2,6-9,19H,4,10-13H2. The van der Waals surface area contributed by atoms with E-state index in [9.17, 15) is 0 Å². The molecule has 1 aromatic carbocycles. The summed E-state index contributed by atoms with van der Waals surface area (Å²) < 4.78 is 5.79. The number of thiophene rings is 1. The van der Waals surface area contributed by atoms with Gasteiger partial charge in [-0.15, -0.1) is 11.3 Å². The molecule has 0 amide bonds. The summed E-state index contributed by atoms with van der Waals surface area (Å²) in [5, 5.41) is 8.74. The molecular weight excluding hydrogens is 282 g/mol. The second kappa shape index (κ2) is 6.66. The van der Waals surface area contributed by atoms with E-state index in [0.717, 1.165) is 42.4 Å². The normalized spacial score (nSPS) is 13.7. The Balaban J connectivity index is 1.79. The SMILES string of the molecule is OCC#Cc1ccc(CN2CCCOc3ccccc32)s1. The number of ether oxygens (including phenoxy) is 1. The first-order chi connectivity index (χ1) is 10.4. The second-order valence-electron chi connectivity index (χ2n) is 4.82. The topological polar surface area (TPSA) is 32.7 Å². The second-order valence-corrected chi connectivity index (χ2v) is 5.99. The highest BCUT2D eigenvalue weighted by Gasteiger charge is 2.16. The van der Waals surface area contributed by atoms with Crippen molar-refractivity contribution < 1.29 is 9.84 Å². The fraction of sp³-hybridized carbons (Fsp3) is 0.294. The molecule has 21 heavy (non-hydrogen) atoms. The highest BCUT2D eigenvalue weighted by molar-refractivity contribution is 7.12. The Morgan fingerprint density at radius 2 is 2.14 bits per heavy atom. The molecule has 0 saturated carbocycles. The molecule has 1 aliphatic rings. The summed E-state index contributed by atoms with van der Waals surface area (Å²) in [5.74, 6) is 6.61. The summed E-state index contributed by atoms with van der Waals surface area (Å²) in [6, 6.07) is 12.3. The monoisotopic (exact) mass is 299 g/mol. The van der Waals surface area contributed by atoms with Crippen LogP contribution in [0.2, 0.25) is 0 Å². The Morgan fingerprint density at radius 3 is 3.05 bits per heavy atom. The van der Waals surface area contributed by atoms with Crippen LogP contribution >= 0.6 is 11.3 Å². The number of para-hydroxylation sites is 2. The quantitative estimate of drug-likeness (QED) is 0.866. The van der Waals surface area contributed by atoms with Gasteiger partial charge in [-0.3, -0.25) is 0 Å². The number of aliphatic hydroxyl groups is 1. The zero-order chi connectivity index (χ0) is 14.5. The minimum atomic E-state index is -0.0932. The molecule has 0 aliphatic carbocycles. The van der Waals surface area contributed by atoms with Gasteiger partial charge in [-0.25, -0.2) is 0 Å². The van der Waals surface area contributed by atoms with E-state index in [0.29, 0.717) is 0 Å². The minimum absolute atomic E-state index is 0.0932. The molecule has 3 rings (SSSR count). The minimum Gasteiger partial charge on any atom is -0.491 e. The van der Waals surface area contributed by atoms with E-state index in [-0.39, 0.29) is 6.61 Å². The average Bonchev–Trinajstić information content (AvgIpc) is 2.86. The Kier molecular flexibility index (Phi) is 4.44. The van der Waals surface area contributed by atoms with Gasteiger partial charge in [0.1, 0.15) is 12.4 Å². The third-order valence-corrected chi connectivity index (χ3v) is 4.32. The molecule has 0 spiro atoms. The van der Waals surface area contributed by atoms with Gasteiger partial charge in [0.25, 0.3) is 0 Å². The van der Waals surface area contributed by atoms with Gasteiger partial charge in [0, 0.05) is 11.4 Å². The van der Waals surface area contributed by atoms with Gasteiger partial charge in [-0.1, -0.05) is 24.0 Å². The molecular formula is C17H17NO2S. The van der Waals surface area contributed by atoms with Gasteiger partial charge in [0.2, 0.25) is 0 Å². The van der Waals surface area contributed by atoms with Crippen molar-refractivity contribution in [3.63, 3.8) is 0 Å². The predicted molar refractivity (Wildman–Crippen MR) is 85.9 cm³/mol. The van der Waals surface area contributed by atoms with Crippen LogP contribution in [0.3, 0.4) is 0 Å². The lowest BCUT2D eigenvalue weighted by atomic mass is 10.2. The number of fused-ring (bicyclic) bond motifs is 1. The number of rotatable bonds is 2. The van der Waals surface area contributed by atoms with Crippen LogP contribution in [0.25, 0.3) is 0 Å². The van der Waals surface area contributed by atoms with Gasteiger partial charge in [-0.2, -0.15) is 0 Å². The predicted octanol–water partition coefficient (Wildman–Crippen LogP) is 2.88. The summed E-state index contributed by atoms with van der Waals surface area (Å²) in [7, 11) is 0. The molecule has 0 radical (unpaired) electrons. The van der Waals surface area contributed by atoms with Crippen molar-refractivity contribution in [2.75, 3.05) is 24.7 Å². The summed E-state index contributed by atoms with van der Waals surface area (Å²) in [5.41, 5.74) is 1.16. The van der Waals surface area contributed by atoms with Crippen molar-refractivity contribution >= 4 is 17.0 Å². The van der Waals surface area contributed by atoms with Gasteiger partial charge in [0.15, 0.2) is 0 Å². The Bertz CT molecular complexity index is 669. The maximum absolute atomic E-state index is 8.74. The van der Waals surface area contributed by atoms with Crippen LogP contribution in [0.1, 0.15) is 16.2 Å². The Hall–Kier alpha value is -1.96. The third-order valence-electron chi connectivity index (χ3n) is 3.33. The first-order valence-corrected chi connectivity index (χ1v) is 7.83. The molecule has 2 aromatic rings. The summed E-state index contributed by atoms with van der Waals surface area (Å²) in [4.78, 5) is 4.63. The first kappa shape index (κ1) is 14.0. The number of benzene rings is 1. The first-order valence-electron chi connectivity index (χ1n) is 7.02. The van der Waals surface area contributed by atoms with Crippen LogP contribution in [-0.4, -0.2) is 24.9 Å². The van der Waals surface area contributed by atoms with E-state index in [2.05, 4.69) is 28.9 Å². The van der Waals surface area contributed by atoms with Crippen LogP contribution in [0.15, 0.2) is 36.4 Å². The summed E-state index contributed by atoms with van der Waals surface area (Å²) in [6.45, 7) is 2.54. The average molecular weight is 299 g/mol. The van der Waals surface area contributed by atoms with Gasteiger partial charge < -0.3 is 14.7 Å². The van der Waals surface area contributed by atoms with Crippen molar-refractivity contribution in [2.24, 2.45) is 0 Å². The summed E-state index contributed by atoms with van der Waals surface area (Å²) >= 11 is 1.68. The lowest BCUT2D eigenvalue weighted by molar-refractivity contribution is 0.322. The smallest absolute Gasteiger partial charge is 0.142 e. The maximum atomic E-state index is 8.74. The lowest BCUT2D eigenvalue weighted by Gasteiger charge is -2.22. The molecule has 0 atom stereocenters. The largest absolute Gasteiger partial charge is 0.491 e. The Morgan fingerprint density at radius 1 is 1.24 bits per heavy atom. The number of aliphatic hydroxyl groups excluding tert-OH is 1. The number of anilines is 1. The van der Waals surface area contributed by atoms with Crippen LogP contribution in [0.4, 0.5) is 5.69 Å². The Labute approximate surface area is 128 Å². The molecule has 2 heterocycles. The van der Waals surface area contributed by atoms with E-state index in [4.69, 9.17) is 9.84 Å². The molecule has 1 aromatic heterocycles. The van der Waals surface area contributed by atoms with Crippen molar-refractivity contribution in [2.45, 2.75) is 13.0 Å². The van der Waals surface area contributed by atoms with Crippen molar-refractivity contribution in [1.82, 2.24) is 0 Å². The van der Waals surface area contributed by atoms with Crippen LogP contribution < -0.4 is 9.64 Å². The molecule has 1 N–H and O–H groups in total. The molecule has 3 nitrogen and oxygen atoms in total. The van der Waals surface area contributed by atoms with Crippen molar-refractivity contribution in [3.05, 3.63) is 46.2 Å². The van der Waals surface area contributed by atoms with Crippen molar-refractivity contribution in [3.8, 4) is 17.6 Å². The molecule has 0 saturated heterocycles. The third kappa shape index (κ3) is 3.38. The van der Waals surface area contributed by atoms with E-state index in [1.165, 1.54) is 4.88 Å². The molecule has 0 bridgehead atoms. The molecule has 0 unspecified atom stereocenters. The van der Waals surface area contributed by atoms with E-state index in [1.54, 1.807) is 11.3 Å². The molecule has 1 aliphatic heterocycles. The molecule has 0 fully saturated rings. The highest BCUT2D eigenvalue weighted by atomic mass is 32.1. The van der Waals surface area contributed by atoms with Crippen LogP contribution in [-0.2, 0) is 6.54 Å². The fourth-order valence-electron chi connectivity index (χ4n) is 2.41. The highest BCUT2D eigenvalue weighted by Crippen LogP contribution is 2.32. The fourth-order valence-corrected chi connectivity index (χ4v) is 3.31. The number of hydrogen-bond donors (Lipinski definition) is 1. The van der Waals surface area contributed by atoms with E-state index in [1.807, 2.05) is 24.3 Å². The van der Waals surface area contributed by atoms with E-state index < -0.39 is 0 Å². The van der Waals surface area contributed by atoms with Crippen LogP contribution in [0.5, 0.6) is 5.75 Å². The molecule has 4 heteroatoms. The molecule has 108 valence electrons. The maximum Gasteiger partial charge on any atom is 0.142 e. The number of hydrogen-bond acceptors (Lipinski definition) is 4. The van der Waals surface area contributed by atoms with Gasteiger partial charge >= 0.3 is 0 Å². The van der Waals surface area contributed by atoms with Gasteiger partial charge in [-0.05, 0) is 30.7 Å². The lowest BCUT2D eigenvalue weighted by Crippen LogP contribution is -2.22. The van der Waals surface area contributed by atoms with E-state index >= 15 is 0 Å². The summed E-state index contributed by atoms with van der Waals surface area (Å²) in [6.07, 6.45) is 1.03. The zero-order valence-corrected chi connectivity index (χ0v) is 12.5.